The number of fused-ring (bicyclic) bond motifs is 1. The zero-order chi connectivity index (χ0) is 15.0. The molecule has 21 heavy (non-hydrogen) atoms. The highest BCUT2D eigenvalue weighted by Crippen LogP contribution is 2.42. The summed E-state index contributed by atoms with van der Waals surface area (Å²) < 4.78 is 35.5. The smallest absolute Gasteiger partial charge is 0.175 e. The van der Waals surface area contributed by atoms with Gasteiger partial charge in [-0.3, -0.25) is 0 Å². The van der Waals surface area contributed by atoms with Gasteiger partial charge in [-0.2, -0.15) is 0 Å². The molecular formula is C14H18BrNO4S. The maximum atomic E-state index is 11.7. The maximum absolute atomic E-state index is 11.7. The molecule has 2 heterocycles. The number of halogens is 1. The molecule has 0 amide bonds. The summed E-state index contributed by atoms with van der Waals surface area (Å²) in [4.78, 5) is 0. The summed E-state index contributed by atoms with van der Waals surface area (Å²) in [6, 6.07) is 3.93. The van der Waals surface area contributed by atoms with Crippen LogP contribution in [-0.2, 0) is 9.84 Å². The number of benzene rings is 1. The van der Waals surface area contributed by atoms with E-state index in [-0.39, 0.29) is 23.5 Å². The quantitative estimate of drug-likeness (QED) is 0.873. The van der Waals surface area contributed by atoms with Crippen molar-refractivity contribution in [2.24, 2.45) is 5.92 Å². The van der Waals surface area contributed by atoms with Gasteiger partial charge in [-0.05, 0) is 53.0 Å². The predicted octanol–water partition coefficient (Wildman–Crippen LogP) is 1.92. The highest BCUT2D eigenvalue weighted by Gasteiger charge is 2.34. The first kappa shape index (κ1) is 15.1. The van der Waals surface area contributed by atoms with Crippen molar-refractivity contribution in [3.8, 4) is 11.5 Å². The number of nitrogens with one attached hydrogen (secondary N) is 1. The fraction of sp³-hybridized carbons (Fsp3) is 0.571. The van der Waals surface area contributed by atoms with Crippen molar-refractivity contribution >= 4 is 25.8 Å². The van der Waals surface area contributed by atoms with Gasteiger partial charge in [0.15, 0.2) is 21.3 Å². The molecule has 1 aromatic rings. The van der Waals surface area contributed by atoms with Gasteiger partial charge in [-0.15, -0.1) is 0 Å². The van der Waals surface area contributed by atoms with Gasteiger partial charge in [0.25, 0.3) is 0 Å². The van der Waals surface area contributed by atoms with E-state index in [1.54, 1.807) is 0 Å². The second-order valence-electron chi connectivity index (χ2n) is 5.46. The number of hydrogen-bond acceptors (Lipinski definition) is 5. The largest absolute Gasteiger partial charge is 0.486 e. The van der Waals surface area contributed by atoms with E-state index in [4.69, 9.17) is 9.47 Å². The lowest BCUT2D eigenvalue weighted by atomic mass is 9.92. The Balaban J connectivity index is 1.93. The van der Waals surface area contributed by atoms with Crippen LogP contribution in [0, 0.1) is 5.92 Å². The van der Waals surface area contributed by atoms with Crippen molar-refractivity contribution in [3.63, 3.8) is 0 Å². The summed E-state index contributed by atoms with van der Waals surface area (Å²) in [6.45, 7) is 1.08. The molecule has 2 aliphatic heterocycles. The molecule has 1 aromatic carbocycles. The van der Waals surface area contributed by atoms with Crippen LogP contribution in [0.4, 0.5) is 0 Å². The average Bonchev–Trinajstić information content (AvgIpc) is 2.80. The van der Waals surface area contributed by atoms with Gasteiger partial charge in [0.1, 0.15) is 13.2 Å². The van der Waals surface area contributed by atoms with Crippen LogP contribution in [0.1, 0.15) is 18.0 Å². The molecule has 5 nitrogen and oxygen atoms in total. The SMILES string of the molecule is CNC(c1cc(Br)c2c(c1)OCCO2)C1CCS(=O)(=O)C1. The van der Waals surface area contributed by atoms with Gasteiger partial charge in [0.05, 0.1) is 16.0 Å². The van der Waals surface area contributed by atoms with Crippen molar-refractivity contribution in [2.45, 2.75) is 12.5 Å². The Bertz CT molecular complexity index is 647. The van der Waals surface area contributed by atoms with Crippen molar-refractivity contribution in [3.05, 3.63) is 22.2 Å². The second kappa shape index (κ2) is 5.78. The van der Waals surface area contributed by atoms with E-state index in [2.05, 4.69) is 21.2 Å². The first-order chi connectivity index (χ1) is 10.00. The zero-order valence-electron chi connectivity index (χ0n) is 11.8. The lowest BCUT2D eigenvalue weighted by Crippen LogP contribution is -2.26. The molecule has 2 atom stereocenters. The molecule has 1 fully saturated rings. The average molecular weight is 376 g/mol. The predicted molar refractivity (Wildman–Crippen MR) is 83.7 cm³/mol. The van der Waals surface area contributed by atoms with Crippen molar-refractivity contribution in [2.75, 3.05) is 31.8 Å². The summed E-state index contributed by atoms with van der Waals surface area (Å²) in [6.07, 6.45) is 0.694. The van der Waals surface area contributed by atoms with E-state index in [0.717, 1.165) is 15.8 Å². The highest BCUT2D eigenvalue weighted by molar-refractivity contribution is 9.10. The maximum Gasteiger partial charge on any atom is 0.175 e. The lowest BCUT2D eigenvalue weighted by molar-refractivity contribution is 0.170. The number of rotatable bonds is 3. The fourth-order valence-corrected chi connectivity index (χ4v) is 5.49. The van der Waals surface area contributed by atoms with E-state index in [1.807, 2.05) is 19.2 Å². The molecule has 1 N–H and O–H groups in total. The first-order valence-corrected chi connectivity index (χ1v) is 9.58. The number of hydrogen-bond donors (Lipinski definition) is 1. The fourth-order valence-electron chi connectivity index (χ4n) is 3.07. The Morgan fingerprint density at radius 1 is 1.33 bits per heavy atom. The van der Waals surface area contributed by atoms with Gasteiger partial charge in [-0.1, -0.05) is 0 Å². The molecular weight excluding hydrogens is 358 g/mol. The van der Waals surface area contributed by atoms with Crippen LogP contribution in [0.2, 0.25) is 0 Å². The van der Waals surface area contributed by atoms with E-state index in [0.29, 0.717) is 25.4 Å². The highest BCUT2D eigenvalue weighted by atomic mass is 79.9. The van der Waals surface area contributed by atoms with Crippen LogP contribution in [0.15, 0.2) is 16.6 Å². The molecule has 116 valence electrons. The lowest BCUT2D eigenvalue weighted by Gasteiger charge is -2.26. The summed E-state index contributed by atoms with van der Waals surface area (Å²) in [7, 11) is -1.03. The Morgan fingerprint density at radius 2 is 2.10 bits per heavy atom. The molecule has 0 spiro atoms. The summed E-state index contributed by atoms with van der Waals surface area (Å²) in [5.41, 5.74) is 1.02. The molecule has 7 heteroatoms. The van der Waals surface area contributed by atoms with Crippen molar-refractivity contribution < 1.29 is 17.9 Å². The van der Waals surface area contributed by atoms with Crippen LogP contribution < -0.4 is 14.8 Å². The molecule has 1 saturated heterocycles. The monoisotopic (exact) mass is 375 g/mol. The summed E-state index contributed by atoms with van der Waals surface area (Å²) >= 11 is 3.51. The molecule has 2 aliphatic rings. The standard InChI is InChI=1S/C14H18BrNO4S/c1-16-13(9-2-5-21(17,18)8-9)10-6-11(15)14-12(7-10)19-3-4-20-14/h6-7,9,13,16H,2-5,8H2,1H3. The normalized spacial score (nSPS) is 24.8. The minimum atomic E-state index is -2.89. The van der Waals surface area contributed by atoms with E-state index >= 15 is 0 Å². The Hall–Kier alpha value is -0.790. The minimum Gasteiger partial charge on any atom is -0.486 e. The van der Waals surface area contributed by atoms with Crippen LogP contribution >= 0.6 is 15.9 Å². The Kier molecular flexibility index (Phi) is 4.16. The van der Waals surface area contributed by atoms with E-state index in [1.165, 1.54) is 0 Å². The van der Waals surface area contributed by atoms with Crippen molar-refractivity contribution in [1.82, 2.24) is 5.32 Å². The summed E-state index contributed by atoms with van der Waals surface area (Å²) in [5.74, 6) is 2.05. The van der Waals surface area contributed by atoms with Crippen LogP contribution in [0.25, 0.3) is 0 Å². The van der Waals surface area contributed by atoms with Gasteiger partial charge >= 0.3 is 0 Å². The minimum absolute atomic E-state index is 0.00518. The van der Waals surface area contributed by atoms with E-state index in [9.17, 15) is 8.42 Å². The first-order valence-electron chi connectivity index (χ1n) is 6.97. The van der Waals surface area contributed by atoms with Gasteiger partial charge in [-0.25, -0.2) is 8.42 Å². The third kappa shape index (κ3) is 3.05. The summed E-state index contributed by atoms with van der Waals surface area (Å²) in [5, 5.41) is 3.25. The molecule has 0 aromatic heterocycles. The van der Waals surface area contributed by atoms with Gasteiger partial charge in [0, 0.05) is 6.04 Å². The number of sulfone groups is 1. The van der Waals surface area contributed by atoms with Gasteiger partial charge < -0.3 is 14.8 Å². The molecule has 0 aliphatic carbocycles. The zero-order valence-corrected chi connectivity index (χ0v) is 14.2. The van der Waals surface area contributed by atoms with Crippen molar-refractivity contribution in [1.29, 1.82) is 0 Å². The molecule has 0 saturated carbocycles. The van der Waals surface area contributed by atoms with Crippen LogP contribution in [0.3, 0.4) is 0 Å². The third-order valence-electron chi connectivity index (χ3n) is 4.03. The van der Waals surface area contributed by atoms with Crippen LogP contribution in [0.5, 0.6) is 11.5 Å². The Morgan fingerprint density at radius 3 is 2.76 bits per heavy atom. The molecule has 3 rings (SSSR count). The molecule has 2 unspecified atom stereocenters. The van der Waals surface area contributed by atoms with E-state index < -0.39 is 9.84 Å². The Labute approximate surface area is 133 Å². The topological polar surface area (TPSA) is 64.6 Å². The van der Waals surface area contributed by atoms with Gasteiger partial charge in [0.2, 0.25) is 0 Å². The molecule has 0 bridgehead atoms. The van der Waals surface area contributed by atoms with Crippen LogP contribution in [-0.4, -0.2) is 40.2 Å². The third-order valence-corrected chi connectivity index (χ3v) is 6.41. The number of ether oxygens (including phenoxy) is 2. The molecule has 0 radical (unpaired) electrons. The second-order valence-corrected chi connectivity index (χ2v) is 8.54.